The Morgan fingerprint density at radius 3 is 2.53 bits per heavy atom. The third-order valence-corrected chi connectivity index (χ3v) is 3.58. The predicted molar refractivity (Wildman–Crippen MR) is 66.5 cm³/mol. The molecule has 0 saturated carbocycles. The number of nitrogens with two attached hydrogens (primary N) is 1. The first-order valence-electron chi connectivity index (χ1n) is 6.53. The zero-order valence-electron chi connectivity index (χ0n) is 11.4. The maximum Gasteiger partial charge on any atom is 0.393 e. The lowest BCUT2D eigenvalue weighted by Crippen LogP contribution is -2.59. The number of halogens is 3. The van der Waals surface area contributed by atoms with Gasteiger partial charge in [-0.1, -0.05) is 6.92 Å². The minimum absolute atomic E-state index is 0.0554. The van der Waals surface area contributed by atoms with Crippen LogP contribution in [0.15, 0.2) is 0 Å². The van der Waals surface area contributed by atoms with Crippen LogP contribution in [0.1, 0.15) is 26.7 Å². The van der Waals surface area contributed by atoms with Crippen molar-refractivity contribution in [3.63, 3.8) is 0 Å². The number of nitrogens with one attached hydrogen (secondary N) is 1. The van der Waals surface area contributed by atoms with Crippen molar-refractivity contribution in [2.75, 3.05) is 26.2 Å². The molecule has 0 aromatic rings. The molecule has 2 atom stereocenters. The van der Waals surface area contributed by atoms with Crippen molar-refractivity contribution in [3.05, 3.63) is 0 Å². The van der Waals surface area contributed by atoms with Crippen molar-refractivity contribution < 1.29 is 18.0 Å². The van der Waals surface area contributed by atoms with Crippen molar-refractivity contribution in [1.29, 1.82) is 0 Å². The quantitative estimate of drug-likeness (QED) is 0.767. The van der Waals surface area contributed by atoms with Crippen molar-refractivity contribution in [3.8, 4) is 0 Å². The zero-order valence-corrected chi connectivity index (χ0v) is 11.4. The Labute approximate surface area is 111 Å². The van der Waals surface area contributed by atoms with Crippen molar-refractivity contribution in [2.24, 2.45) is 11.7 Å². The van der Waals surface area contributed by atoms with Crippen LogP contribution in [0.4, 0.5) is 13.2 Å². The highest BCUT2D eigenvalue weighted by Gasteiger charge is 2.45. The number of rotatable bonds is 6. The van der Waals surface area contributed by atoms with Gasteiger partial charge in [0.15, 0.2) is 0 Å². The van der Waals surface area contributed by atoms with Gasteiger partial charge in [-0.2, -0.15) is 13.2 Å². The van der Waals surface area contributed by atoms with E-state index in [1.165, 1.54) is 0 Å². The number of likely N-dealkylation sites (tertiary alicyclic amines) is 1. The van der Waals surface area contributed by atoms with Crippen LogP contribution in [0, 0.1) is 5.92 Å². The van der Waals surface area contributed by atoms with E-state index in [4.69, 9.17) is 5.73 Å². The van der Waals surface area contributed by atoms with E-state index in [0.29, 0.717) is 13.1 Å². The van der Waals surface area contributed by atoms with Crippen LogP contribution in [0.25, 0.3) is 0 Å². The van der Waals surface area contributed by atoms with Crippen molar-refractivity contribution in [2.45, 2.75) is 38.4 Å². The molecule has 0 aliphatic carbocycles. The van der Waals surface area contributed by atoms with Crippen molar-refractivity contribution >= 4 is 5.91 Å². The Balaban J connectivity index is 2.60. The molecule has 1 fully saturated rings. The average Bonchev–Trinajstić information content (AvgIpc) is 2.74. The number of amides is 1. The molecular weight excluding hydrogens is 259 g/mol. The van der Waals surface area contributed by atoms with Crippen LogP contribution in [0.3, 0.4) is 0 Å². The Morgan fingerprint density at radius 2 is 2.11 bits per heavy atom. The van der Waals surface area contributed by atoms with Crippen LogP contribution >= 0.6 is 0 Å². The van der Waals surface area contributed by atoms with Gasteiger partial charge in [0, 0.05) is 13.1 Å². The van der Waals surface area contributed by atoms with Crippen LogP contribution in [-0.4, -0.2) is 48.7 Å². The summed E-state index contributed by atoms with van der Waals surface area (Å²) in [5.74, 6) is -1.83. The van der Waals surface area contributed by atoms with E-state index < -0.39 is 23.5 Å². The summed E-state index contributed by atoms with van der Waals surface area (Å²) in [5.41, 5.74) is 4.38. The molecule has 1 saturated heterocycles. The third-order valence-electron chi connectivity index (χ3n) is 3.58. The highest BCUT2D eigenvalue weighted by Crippen LogP contribution is 2.33. The second-order valence-corrected chi connectivity index (χ2v) is 5.39. The molecule has 4 nitrogen and oxygen atoms in total. The first-order valence-corrected chi connectivity index (χ1v) is 6.53. The fraction of sp³-hybridized carbons (Fsp3) is 0.917. The summed E-state index contributed by atoms with van der Waals surface area (Å²) in [4.78, 5) is 13.2. The molecule has 0 bridgehead atoms. The number of hydrogen-bond acceptors (Lipinski definition) is 3. The number of alkyl halides is 3. The number of carbonyl (C=O) groups excluding carboxylic acids is 1. The molecule has 3 N–H and O–H groups in total. The molecule has 1 rings (SSSR count). The van der Waals surface area contributed by atoms with E-state index in [9.17, 15) is 18.0 Å². The SMILES string of the molecule is CCCNC(C)(CN1CCC(C(F)(F)F)C1)C(N)=O. The smallest absolute Gasteiger partial charge is 0.368 e. The fourth-order valence-corrected chi connectivity index (χ4v) is 2.31. The molecule has 1 aliphatic rings. The van der Waals surface area contributed by atoms with Gasteiger partial charge >= 0.3 is 6.18 Å². The first kappa shape index (κ1) is 16.2. The van der Waals surface area contributed by atoms with Gasteiger partial charge in [0.25, 0.3) is 0 Å². The molecule has 0 spiro atoms. The molecule has 1 heterocycles. The lowest BCUT2D eigenvalue weighted by molar-refractivity contribution is -0.170. The second kappa shape index (κ2) is 6.09. The summed E-state index contributed by atoms with van der Waals surface area (Å²) in [7, 11) is 0. The lowest BCUT2D eigenvalue weighted by atomic mass is 10.0. The summed E-state index contributed by atoms with van der Waals surface area (Å²) < 4.78 is 37.8. The van der Waals surface area contributed by atoms with Gasteiger partial charge in [-0.05, 0) is 32.9 Å². The van der Waals surface area contributed by atoms with Crippen LogP contribution in [0.5, 0.6) is 0 Å². The molecule has 1 aliphatic heterocycles. The summed E-state index contributed by atoms with van der Waals surface area (Å²) in [6.07, 6.45) is -3.24. The maximum absolute atomic E-state index is 12.6. The Kier molecular flexibility index (Phi) is 5.20. The minimum atomic E-state index is -4.16. The Hall–Kier alpha value is -0.820. The average molecular weight is 281 g/mol. The van der Waals surface area contributed by atoms with Gasteiger partial charge in [-0.15, -0.1) is 0 Å². The van der Waals surface area contributed by atoms with E-state index in [-0.39, 0.29) is 19.5 Å². The molecule has 19 heavy (non-hydrogen) atoms. The normalized spacial score (nSPS) is 24.4. The Morgan fingerprint density at radius 1 is 1.47 bits per heavy atom. The first-order chi connectivity index (χ1) is 8.69. The Bertz CT molecular complexity index is 322. The highest BCUT2D eigenvalue weighted by atomic mass is 19.4. The van der Waals surface area contributed by atoms with Gasteiger partial charge in [0.2, 0.25) is 5.91 Å². The predicted octanol–water partition coefficient (Wildman–Crippen LogP) is 1.11. The highest BCUT2D eigenvalue weighted by molar-refractivity contribution is 5.84. The largest absolute Gasteiger partial charge is 0.393 e. The van der Waals surface area contributed by atoms with Gasteiger partial charge in [-0.25, -0.2) is 0 Å². The number of nitrogens with zero attached hydrogens (tertiary/aromatic N) is 1. The van der Waals surface area contributed by atoms with Crippen LogP contribution < -0.4 is 11.1 Å². The van der Waals surface area contributed by atoms with Gasteiger partial charge in [0.1, 0.15) is 5.54 Å². The summed E-state index contributed by atoms with van der Waals surface area (Å²) >= 11 is 0. The maximum atomic E-state index is 12.6. The van der Waals surface area contributed by atoms with Gasteiger partial charge in [0.05, 0.1) is 5.92 Å². The summed E-state index contributed by atoms with van der Waals surface area (Å²) in [6.45, 7) is 4.71. The molecule has 0 aromatic carbocycles. The van der Waals surface area contributed by atoms with Gasteiger partial charge < -0.3 is 16.0 Å². The van der Waals surface area contributed by atoms with Crippen LogP contribution in [0.2, 0.25) is 0 Å². The molecule has 0 radical (unpaired) electrons. The minimum Gasteiger partial charge on any atom is -0.368 e. The van der Waals surface area contributed by atoms with E-state index in [0.717, 1.165) is 6.42 Å². The second-order valence-electron chi connectivity index (χ2n) is 5.39. The molecule has 112 valence electrons. The summed E-state index contributed by atoms with van der Waals surface area (Å²) in [6, 6.07) is 0. The van der Waals surface area contributed by atoms with E-state index in [1.807, 2.05) is 6.92 Å². The fourth-order valence-electron chi connectivity index (χ4n) is 2.31. The standard InChI is InChI=1S/C12H22F3N3O/c1-3-5-17-11(2,10(16)19)8-18-6-4-9(7-18)12(13,14)15/h9,17H,3-8H2,1-2H3,(H2,16,19). The van der Waals surface area contributed by atoms with E-state index >= 15 is 0 Å². The number of carbonyl (C=O) groups is 1. The lowest BCUT2D eigenvalue weighted by Gasteiger charge is -2.32. The third kappa shape index (κ3) is 4.35. The monoisotopic (exact) mass is 281 g/mol. The zero-order chi connectivity index (χ0) is 14.7. The van der Waals surface area contributed by atoms with Crippen LogP contribution in [-0.2, 0) is 4.79 Å². The molecule has 2 unspecified atom stereocenters. The molecule has 1 amide bonds. The molecule has 0 aromatic heterocycles. The summed E-state index contributed by atoms with van der Waals surface area (Å²) in [5, 5.41) is 3.03. The van der Waals surface area contributed by atoms with Gasteiger partial charge in [-0.3, -0.25) is 4.79 Å². The number of hydrogen-bond donors (Lipinski definition) is 2. The van der Waals surface area contributed by atoms with E-state index in [2.05, 4.69) is 5.32 Å². The van der Waals surface area contributed by atoms with E-state index in [1.54, 1.807) is 11.8 Å². The topological polar surface area (TPSA) is 58.4 Å². The molecular formula is C12H22F3N3O. The molecule has 7 heteroatoms. The number of primary amides is 1. The van der Waals surface area contributed by atoms with Crippen molar-refractivity contribution in [1.82, 2.24) is 10.2 Å².